The van der Waals surface area contributed by atoms with Crippen LogP contribution in [0.25, 0.3) is 0 Å². The molecule has 1 aliphatic rings. The zero-order chi connectivity index (χ0) is 17.8. The van der Waals surface area contributed by atoms with Gasteiger partial charge in [0.25, 0.3) is 0 Å². The van der Waals surface area contributed by atoms with E-state index in [9.17, 15) is 4.79 Å². The van der Waals surface area contributed by atoms with E-state index >= 15 is 0 Å². The number of hydrogen-bond donors (Lipinski definition) is 1. The molecule has 1 unspecified atom stereocenters. The van der Waals surface area contributed by atoms with Crippen molar-refractivity contribution < 1.29 is 9.53 Å². The minimum Gasteiger partial charge on any atom is -0.497 e. The lowest BCUT2D eigenvalue weighted by Gasteiger charge is -2.26. The normalized spacial score (nSPS) is 17.1. The quantitative estimate of drug-likeness (QED) is 0.901. The zero-order valence-electron chi connectivity index (χ0n) is 15.1. The van der Waals surface area contributed by atoms with Crippen molar-refractivity contribution in [1.29, 1.82) is 0 Å². The van der Waals surface area contributed by atoms with Crippen LogP contribution in [0.3, 0.4) is 0 Å². The molecule has 1 aromatic carbocycles. The molecule has 0 radical (unpaired) electrons. The third-order valence-electron chi connectivity index (χ3n) is 4.63. The molecule has 0 spiro atoms. The fourth-order valence-corrected chi connectivity index (χ4v) is 3.39. The molecule has 1 atom stereocenters. The molecule has 2 aromatic rings. The van der Waals surface area contributed by atoms with Crippen molar-refractivity contribution in [3.8, 4) is 5.75 Å². The maximum Gasteiger partial charge on any atom is 0.322 e. The number of carbonyl (C=O) groups is 1. The van der Waals surface area contributed by atoms with Gasteiger partial charge in [-0.15, -0.1) is 0 Å². The predicted molar refractivity (Wildman–Crippen MR) is 98.1 cm³/mol. The summed E-state index contributed by atoms with van der Waals surface area (Å²) in [6.07, 6.45) is 5.89. The molecular formula is C19H26N4O2. The fraction of sp³-hybridized carbons (Fsp3) is 0.474. The highest BCUT2D eigenvalue weighted by molar-refractivity contribution is 5.89. The molecule has 0 saturated carbocycles. The number of benzene rings is 1. The Morgan fingerprint density at radius 1 is 1.44 bits per heavy atom. The Morgan fingerprint density at radius 3 is 3.04 bits per heavy atom. The van der Waals surface area contributed by atoms with Gasteiger partial charge in [0.2, 0.25) is 0 Å². The SMILES string of the molecule is COc1cccc(NC(=O)N2CCCC2Cn2ccnc2C(C)C)c1. The second kappa shape index (κ2) is 7.59. The van der Waals surface area contributed by atoms with E-state index in [-0.39, 0.29) is 12.1 Å². The highest BCUT2D eigenvalue weighted by Crippen LogP contribution is 2.23. The first-order chi connectivity index (χ1) is 12.1. The number of ether oxygens (including phenoxy) is 1. The number of urea groups is 1. The van der Waals surface area contributed by atoms with Gasteiger partial charge in [0.15, 0.2) is 0 Å². The van der Waals surface area contributed by atoms with E-state index in [1.54, 1.807) is 7.11 Å². The molecule has 2 heterocycles. The van der Waals surface area contributed by atoms with Crippen LogP contribution < -0.4 is 10.1 Å². The molecular weight excluding hydrogens is 316 g/mol. The minimum atomic E-state index is -0.0537. The van der Waals surface area contributed by atoms with Crippen molar-refractivity contribution in [3.05, 3.63) is 42.5 Å². The van der Waals surface area contributed by atoms with Gasteiger partial charge in [0.05, 0.1) is 13.2 Å². The number of anilines is 1. The van der Waals surface area contributed by atoms with Gasteiger partial charge in [-0.25, -0.2) is 9.78 Å². The number of nitrogens with one attached hydrogen (secondary N) is 1. The molecule has 1 saturated heterocycles. The second-order valence-electron chi connectivity index (χ2n) is 6.74. The molecule has 2 amide bonds. The molecule has 1 N–H and O–H groups in total. The lowest BCUT2D eigenvalue weighted by atomic mass is 10.2. The van der Waals surface area contributed by atoms with Crippen molar-refractivity contribution in [2.45, 2.75) is 45.2 Å². The lowest BCUT2D eigenvalue weighted by molar-refractivity contribution is 0.200. The molecule has 0 bridgehead atoms. The molecule has 1 fully saturated rings. The first-order valence-corrected chi connectivity index (χ1v) is 8.81. The summed E-state index contributed by atoms with van der Waals surface area (Å²) < 4.78 is 7.39. The average molecular weight is 342 g/mol. The first kappa shape index (κ1) is 17.3. The number of nitrogens with zero attached hydrogens (tertiary/aromatic N) is 3. The maximum absolute atomic E-state index is 12.7. The Labute approximate surface area is 148 Å². The average Bonchev–Trinajstić information content (AvgIpc) is 3.24. The Kier molecular flexibility index (Phi) is 5.26. The van der Waals surface area contributed by atoms with Gasteiger partial charge in [0, 0.05) is 43.2 Å². The van der Waals surface area contributed by atoms with Crippen LogP contribution in [0.5, 0.6) is 5.75 Å². The van der Waals surface area contributed by atoms with E-state index in [2.05, 4.69) is 28.7 Å². The highest BCUT2D eigenvalue weighted by Gasteiger charge is 2.29. The topological polar surface area (TPSA) is 59.4 Å². The Morgan fingerprint density at radius 2 is 2.28 bits per heavy atom. The molecule has 6 nitrogen and oxygen atoms in total. The first-order valence-electron chi connectivity index (χ1n) is 8.81. The Bertz CT molecular complexity index is 726. The van der Waals surface area contributed by atoms with Gasteiger partial charge < -0.3 is 19.5 Å². The van der Waals surface area contributed by atoms with E-state index < -0.39 is 0 Å². The highest BCUT2D eigenvalue weighted by atomic mass is 16.5. The van der Waals surface area contributed by atoms with E-state index in [1.165, 1.54) is 0 Å². The predicted octanol–water partition coefficient (Wildman–Crippen LogP) is 3.71. The van der Waals surface area contributed by atoms with Crippen LogP contribution in [0.15, 0.2) is 36.7 Å². The van der Waals surface area contributed by atoms with E-state index in [4.69, 9.17) is 4.74 Å². The number of hydrogen-bond acceptors (Lipinski definition) is 3. The summed E-state index contributed by atoms with van der Waals surface area (Å²) in [5.74, 6) is 2.17. The number of carbonyl (C=O) groups excluding carboxylic acids is 1. The standard InChI is InChI=1S/C19H26N4O2/c1-14(2)18-20-9-11-22(18)13-16-7-5-10-23(16)19(24)21-15-6-4-8-17(12-15)25-3/h4,6,8-9,11-12,14,16H,5,7,10,13H2,1-3H3,(H,21,24). The summed E-state index contributed by atoms with van der Waals surface area (Å²) in [5.41, 5.74) is 0.750. The van der Waals surface area contributed by atoms with Crippen LogP contribution in [-0.4, -0.2) is 40.2 Å². The van der Waals surface area contributed by atoms with E-state index in [0.717, 1.165) is 43.2 Å². The number of likely N-dealkylation sites (tertiary alicyclic amines) is 1. The number of imidazole rings is 1. The van der Waals surface area contributed by atoms with Gasteiger partial charge in [0.1, 0.15) is 11.6 Å². The molecule has 134 valence electrons. The van der Waals surface area contributed by atoms with Crippen LogP contribution in [0, 0.1) is 0 Å². The Balaban J connectivity index is 1.68. The number of aromatic nitrogens is 2. The molecule has 1 aromatic heterocycles. The molecule has 25 heavy (non-hydrogen) atoms. The number of methoxy groups -OCH3 is 1. The summed E-state index contributed by atoms with van der Waals surface area (Å²) in [7, 11) is 1.62. The Hall–Kier alpha value is -2.50. The molecule has 1 aliphatic heterocycles. The van der Waals surface area contributed by atoms with Crippen molar-refractivity contribution in [1.82, 2.24) is 14.5 Å². The molecule has 0 aliphatic carbocycles. The monoisotopic (exact) mass is 342 g/mol. The summed E-state index contributed by atoms with van der Waals surface area (Å²) in [4.78, 5) is 19.1. The fourth-order valence-electron chi connectivity index (χ4n) is 3.39. The maximum atomic E-state index is 12.7. The zero-order valence-corrected chi connectivity index (χ0v) is 15.1. The van der Waals surface area contributed by atoms with Gasteiger partial charge in [-0.1, -0.05) is 19.9 Å². The van der Waals surface area contributed by atoms with Crippen LogP contribution >= 0.6 is 0 Å². The lowest BCUT2D eigenvalue weighted by Crippen LogP contribution is -2.41. The number of amides is 2. The van der Waals surface area contributed by atoms with Gasteiger partial charge in [-0.3, -0.25) is 0 Å². The van der Waals surface area contributed by atoms with E-state index in [1.807, 2.05) is 41.6 Å². The van der Waals surface area contributed by atoms with Gasteiger partial charge in [-0.2, -0.15) is 0 Å². The van der Waals surface area contributed by atoms with Crippen molar-refractivity contribution in [2.75, 3.05) is 19.0 Å². The summed E-state index contributed by atoms with van der Waals surface area (Å²) in [6.45, 7) is 5.85. The minimum absolute atomic E-state index is 0.0537. The molecule has 3 rings (SSSR count). The summed E-state index contributed by atoms with van der Waals surface area (Å²) >= 11 is 0. The smallest absolute Gasteiger partial charge is 0.322 e. The van der Waals surface area contributed by atoms with Crippen molar-refractivity contribution in [3.63, 3.8) is 0 Å². The van der Waals surface area contributed by atoms with Gasteiger partial charge in [-0.05, 0) is 25.0 Å². The number of rotatable bonds is 5. The van der Waals surface area contributed by atoms with Crippen LogP contribution in [0.4, 0.5) is 10.5 Å². The van der Waals surface area contributed by atoms with Gasteiger partial charge >= 0.3 is 6.03 Å². The third kappa shape index (κ3) is 3.95. The van der Waals surface area contributed by atoms with Crippen LogP contribution in [0.2, 0.25) is 0 Å². The summed E-state index contributed by atoms with van der Waals surface area (Å²) in [6, 6.07) is 7.57. The van der Waals surface area contributed by atoms with E-state index in [0.29, 0.717) is 5.92 Å². The largest absolute Gasteiger partial charge is 0.497 e. The van der Waals surface area contributed by atoms with Crippen molar-refractivity contribution in [2.24, 2.45) is 0 Å². The van der Waals surface area contributed by atoms with Crippen LogP contribution in [-0.2, 0) is 6.54 Å². The van der Waals surface area contributed by atoms with Crippen molar-refractivity contribution >= 4 is 11.7 Å². The summed E-state index contributed by atoms with van der Waals surface area (Å²) in [5, 5.41) is 2.99. The third-order valence-corrected chi connectivity index (χ3v) is 4.63. The molecule has 6 heteroatoms. The second-order valence-corrected chi connectivity index (χ2v) is 6.74. The van der Waals surface area contributed by atoms with Crippen LogP contribution in [0.1, 0.15) is 38.4 Å².